The first-order valence-corrected chi connectivity index (χ1v) is 50.0. The summed E-state index contributed by atoms with van der Waals surface area (Å²) in [7, 11) is -9.93. The van der Waals surface area contributed by atoms with Gasteiger partial charge < -0.3 is 33.8 Å². The van der Waals surface area contributed by atoms with Crippen molar-refractivity contribution in [3.05, 3.63) is 0 Å². The number of carbonyl (C=O) groups excluding carboxylic acids is 4. The maximum Gasteiger partial charge on any atom is 0.472 e. The van der Waals surface area contributed by atoms with E-state index in [-0.39, 0.29) is 25.7 Å². The zero-order valence-corrected chi connectivity index (χ0v) is 74.4. The number of aliphatic hydroxyl groups is 1. The van der Waals surface area contributed by atoms with Crippen molar-refractivity contribution in [3.63, 3.8) is 0 Å². The van der Waals surface area contributed by atoms with Crippen molar-refractivity contribution in [2.75, 3.05) is 39.6 Å². The van der Waals surface area contributed by atoms with E-state index >= 15 is 0 Å². The molecule has 0 amide bonds. The van der Waals surface area contributed by atoms with Crippen LogP contribution in [-0.2, 0) is 65.4 Å². The summed E-state index contributed by atoms with van der Waals surface area (Å²) in [5.74, 6) is -0.400. The van der Waals surface area contributed by atoms with Gasteiger partial charge in [0.2, 0.25) is 0 Å². The Morgan fingerprint density at radius 3 is 0.691 bits per heavy atom. The van der Waals surface area contributed by atoms with Crippen LogP contribution in [0.1, 0.15) is 491 Å². The molecule has 0 aromatic carbocycles. The summed E-state index contributed by atoms with van der Waals surface area (Å²) in [4.78, 5) is 73.4. The van der Waals surface area contributed by atoms with Gasteiger partial charge in [-0.15, -0.1) is 0 Å². The minimum Gasteiger partial charge on any atom is -0.462 e. The number of hydrogen-bond acceptors (Lipinski definition) is 15. The second kappa shape index (κ2) is 82.2. The fraction of sp³-hybridized carbons (Fsp3) is 0.956. The van der Waals surface area contributed by atoms with Crippen LogP contribution >= 0.6 is 15.6 Å². The molecule has 6 atom stereocenters. The molecule has 19 heteroatoms. The van der Waals surface area contributed by atoms with Gasteiger partial charge in [-0.1, -0.05) is 440 Å². The molecule has 0 spiro atoms. The summed E-state index contributed by atoms with van der Waals surface area (Å²) >= 11 is 0. The molecule has 654 valence electrons. The minimum atomic E-state index is -4.97. The molecule has 110 heavy (non-hydrogen) atoms. The highest BCUT2D eigenvalue weighted by Crippen LogP contribution is 2.45. The van der Waals surface area contributed by atoms with E-state index in [9.17, 15) is 43.2 Å². The molecule has 3 unspecified atom stereocenters. The third-order valence-corrected chi connectivity index (χ3v) is 23.7. The van der Waals surface area contributed by atoms with E-state index in [0.29, 0.717) is 25.7 Å². The molecule has 0 aliphatic carbocycles. The highest BCUT2D eigenvalue weighted by Gasteiger charge is 2.31. The second-order valence-corrected chi connectivity index (χ2v) is 36.3. The summed E-state index contributed by atoms with van der Waals surface area (Å²) in [5.41, 5.74) is 0. The maximum atomic E-state index is 13.2. The maximum absolute atomic E-state index is 13.2. The van der Waals surface area contributed by atoms with Gasteiger partial charge in [-0.05, 0) is 37.5 Å². The monoisotopic (exact) mass is 1610 g/mol. The van der Waals surface area contributed by atoms with Crippen LogP contribution in [0.3, 0.4) is 0 Å². The summed E-state index contributed by atoms with van der Waals surface area (Å²) < 4.78 is 69.0. The van der Waals surface area contributed by atoms with Gasteiger partial charge in [0.25, 0.3) is 0 Å². The Kier molecular flexibility index (Phi) is 80.7. The smallest absolute Gasteiger partial charge is 0.462 e. The summed E-state index contributed by atoms with van der Waals surface area (Å²) in [6.45, 7) is 9.81. The molecule has 0 saturated carbocycles. The molecule has 3 N–H and O–H groups in total. The Balaban J connectivity index is 5.23. The lowest BCUT2D eigenvalue weighted by atomic mass is 9.99. The van der Waals surface area contributed by atoms with E-state index in [2.05, 4.69) is 41.5 Å². The fourth-order valence-electron chi connectivity index (χ4n) is 14.3. The first-order valence-electron chi connectivity index (χ1n) is 47.0. The zero-order valence-electron chi connectivity index (χ0n) is 72.6. The molecule has 0 aliphatic heterocycles. The Bertz CT molecular complexity index is 2100. The molecular weight excluding hydrogens is 1430 g/mol. The molecule has 0 heterocycles. The normalized spacial score (nSPS) is 14.0. The van der Waals surface area contributed by atoms with Gasteiger partial charge in [0.1, 0.15) is 19.3 Å². The Labute approximate surface area is 677 Å². The first kappa shape index (κ1) is 108. The average molecular weight is 1610 g/mol. The van der Waals surface area contributed by atoms with Crippen LogP contribution in [0.5, 0.6) is 0 Å². The van der Waals surface area contributed by atoms with Crippen LogP contribution in [0, 0.1) is 11.8 Å². The SMILES string of the molecule is CCCCCCCCCCCCCCCCCCC(=O)O[C@H](COC(=O)CCCCCCCCCCCCC)COP(=O)(O)OC[C@H](O)COP(=O)(O)OC[C@@H](COC(=O)CCCCCCCCCCCCCCCCCCCCC(C)C)OC(=O)CCCCCCCCCCCCCCCCCCCCC(C)CC. The van der Waals surface area contributed by atoms with Gasteiger partial charge in [0.05, 0.1) is 26.4 Å². The molecule has 0 bridgehead atoms. The number of rotatable bonds is 90. The van der Waals surface area contributed by atoms with Crippen molar-refractivity contribution in [1.29, 1.82) is 0 Å². The Morgan fingerprint density at radius 1 is 0.264 bits per heavy atom. The first-order chi connectivity index (χ1) is 53.4. The van der Waals surface area contributed by atoms with Crippen molar-refractivity contribution in [2.45, 2.75) is 509 Å². The van der Waals surface area contributed by atoms with Crippen molar-refractivity contribution in [1.82, 2.24) is 0 Å². The van der Waals surface area contributed by atoms with Gasteiger partial charge in [0, 0.05) is 25.7 Å². The molecule has 0 fully saturated rings. The highest BCUT2D eigenvalue weighted by molar-refractivity contribution is 7.47. The second-order valence-electron chi connectivity index (χ2n) is 33.4. The van der Waals surface area contributed by atoms with Crippen molar-refractivity contribution >= 4 is 39.5 Å². The van der Waals surface area contributed by atoms with Gasteiger partial charge in [-0.2, -0.15) is 0 Å². The topological polar surface area (TPSA) is 237 Å². The number of esters is 4. The molecule has 0 radical (unpaired) electrons. The van der Waals surface area contributed by atoms with E-state index in [1.54, 1.807) is 0 Å². The third-order valence-electron chi connectivity index (χ3n) is 21.8. The number of unbranched alkanes of at least 4 members (excludes halogenated alkanes) is 59. The van der Waals surface area contributed by atoms with Crippen LogP contribution < -0.4 is 0 Å². The number of phosphoric acid groups is 2. The number of hydrogen-bond donors (Lipinski definition) is 3. The molecule has 0 saturated heterocycles. The molecule has 0 aromatic heterocycles. The summed E-state index contributed by atoms with van der Waals surface area (Å²) in [6, 6.07) is 0. The number of ether oxygens (including phenoxy) is 4. The van der Waals surface area contributed by atoms with Crippen LogP contribution in [0.25, 0.3) is 0 Å². The van der Waals surface area contributed by atoms with Crippen LogP contribution in [0.2, 0.25) is 0 Å². The molecular formula is C91H178O17P2. The molecule has 17 nitrogen and oxygen atoms in total. The summed E-state index contributed by atoms with van der Waals surface area (Å²) in [6.07, 6.45) is 76.3. The lowest BCUT2D eigenvalue weighted by Gasteiger charge is -2.21. The lowest BCUT2D eigenvalue weighted by Crippen LogP contribution is -2.30. The molecule has 0 rings (SSSR count). The van der Waals surface area contributed by atoms with Gasteiger partial charge >= 0.3 is 39.5 Å². The van der Waals surface area contributed by atoms with E-state index < -0.39 is 97.5 Å². The molecule has 0 aromatic rings. The molecule has 0 aliphatic rings. The fourth-order valence-corrected chi connectivity index (χ4v) is 15.9. The van der Waals surface area contributed by atoms with Crippen LogP contribution in [-0.4, -0.2) is 96.7 Å². The number of aliphatic hydroxyl groups excluding tert-OH is 1. The minimum absolute atomic E-state index is 0.109. The summed E-state index contributed by atoms with van der Waals surface area (Å²) in [5, 5.41) is 10.7. The van der Waals surface area contributed by atoms with Crippen molar-refractivity contribution in [3.8, 4) is 0 Å². The van der Waals surface area contributed by atoms with Crippen LogP contribution in [0.4, 0.5) is 0 Å². The van der Waals surface area contributed by atoms with Gasteiger partial charge in [-0.3, -0.25) is 37.3 Å². The standard InChI is InChI=1S/C91H178O17P2/c1-7-10-12-14-16-18-20-21-22-33-39-45-51-57-63-69-75-90(95)107-86(79-101-88(93)73-67-61-55-49-41-19-17-15-13-11-8-2)81-105-109(97,98)103-77-85(92)78-104-110(99,100)106-82-87(80-102-89(94)74-68-62-56-50-44-38-34-29-25-23-27-31-36-42-47-53-59-65-71-83(4)5)108-91(96)76-70-64-58-52-46-40-35-30-26-24-28-32-37-43-48-54-60-66-72-84(6)9-3/h83-87,92H,7-82H2,1-6H3,(H,97,98)(H,99,100)/t84?,85-,86+,87+/m0/s1. The lowest BCUT2D eigenvalue weighted by molar-refractivity contribution is -0.161. The van der Waals surface area contributed by atoms with E-state index in [4.69, 9.17) is 37.0 Å². The Hall–Kier alpha value is -1.94. The highest BCUT2D eigenvalue weighted by atomic mass is 31.2. The zero-order chi connectivity index (χ0) is 80.6. The van der Waals surface area contributed by atoms with E-state index in [1.165, 1.54) is 308 Å². The number of carbonyl (C=O) groups is 4. The Morgan fingerprint density at radius 2 is 0.464 bits per heavy atom. The van der Waals surface area contributed by atoms with Crippen LogP contribution in [0.15, 0.2) is 0 Å². The number of phosphoric ester groups is 2. The quantitative estimate of drug-likeness (QED) is 0.0222. The van der Waals surface area contributed by atoms with Crippen molar-refractivity contribution in [2.24, 2.45) is 11.8 Å². The largest absolute Gasteiger partial charge is 0.472 e. The van der Waals surface area contributed by atoms with E-state index in [1.807, 2.05) is 0 Å². The predicted octanol–water partition coefficient (Wildman–Crippen LogP) is 28.2. The average Bonchev–Trinajstić information content (AvgIpc) is 0.897. The predicted molar refractivity (Wildman–Crippen MR) is 455 cm³/mol. The van der Waals surface area contributed by atoms with Crippen molar-refractivity contribution < 1.29 is 80.2 Å². The van der Waals surface area contributed by atoms with Gasteiger partial charge in [0.15, 0.2) is 12.2 Å². The van der Waals surface area contributed by atoms with Gasteiger partial charge in [-0.25, -0.2) is 9.13 Å². The van der Waals surface area contributed by atoms with E-state index in [0.717, 1.165) is 102 Å². The third kappa shape index (κ3) is 82.6.